The first-order chi connectivity index (χ1) is 14.8. The van der Waals surface area contributed by atoms with Gasteiger partial charge in [-0.15, -0.1) is 0 Å². The summed E-state index contributed by atoms with van der Waals surface area (Å²) in [7, 11) is -1.70. The lowest BCUT2D eigenvalue weighted by Gasteiger charge is -2.40. The zero-order valence-electron chi connectivity index (χ0n) is 18.3. The fraction of sp³-hybridized carbons (Fsp3) is 0.455. The minimum atomic E-state index is -3.72. The number of pyridine rings is 1. The van der Waals surface area contributed by atoms with E-state index in [-0.39, 0.29) is 23.4 Å². The van der Waals surface area contributed by atoms with E-state index in [9.17, 15) is 18.0 Å². The highest BCUT2D eigenvalue weighted by Gasteiger charge is 2.30. The molecule has 8 nitrogen and oxygen atoms in total. The van der Waals surface area contributed by atoms with Crippen LogP contribution >= 0.6 is 0 Å². The molecule has 3 rings (SSSR count). The van der Waals surface area contributed by atoms with E-state index in [4.69, 9.17) is 0 Å². The van der Waals surface area contributed by atoms with Gasteiger partial charge in [0, 0.05) is 45.0 Å². The third kappa shape index (κ3) is 5.06. The summed E-state index contributed by atoms with van der Waals surface area (Å²) in [5.74, 6) is -0.207. The number of carbonyl (C=O) groups excluding carboxylic acids is 1. The van der Waals surface area contributed by atoms with Gasteiger partial charge >= 0.3 is 0 Å². The van der Waals surface area contributed by atoms with Crippen LogP contribution < -0.4 is 5.56 Å². The number of hydrogen-bond acceptors (Lipinski definition) is 5. The molecule has 0 radical (unpaired) electrons. The van der Waals surface area contributed by atoms with Crippen molar-refractivity contribution in [3.63, 3.8) is 0 Å². The highest BCUT2D eigenvalue weighted by atomic mass is 32.2. The maximum Gasteiger partial charge on any atom is 0.251 e. The zero-order valence-corrected chi connectivity index (χ0v) is 19.1. The second kappa shape index (κ2) is 9.76. The molecule has 1 aromatic carbocycles. The van der Waals surface area contributed by atoms with Crippen LogP contribution in [0.2, 0.25) is 0 Å². The van der Waals surface area contributed by atoms with Crippen LogP contribution in [0.4, 0.5) is 0 Å². The van der Waals surface area contributed by atoms with E-state index >= 15 is 0 Å². The molecule has 0 N–H and O–H groups in total. The number of likely N-dealkylation sites (N-methyl/N-ethyl adjacent to an activating group) is 1. The molecule has 1 aromatic heterocycles. The van der Waals surface area contributed by atoms with Crippen molar-refractivity contribution in [2.75, 3.05) is 39.8 Å². The van der Waals surface area contributed by atoms with Crippen molar-refractivity contribution >= 4 is 15.9 Å². The largest absolute Gasteiger partial charge is 0.332 e. The Labute approximate surface area is 183 Å². The quantitative estimate of drug-likeness (QED) is 0.642. The van der Waals surface area contributed by atoms with Crippen molar-refractivity contribution in [3.05, 3.63) is 64.6 Å². The molecule has 0 unspecified atom stereocenters. The molecular formula is C22H30N4O4S. The van der Waals surface area contributed by atoms with Gasteiger partial charge in [0.2, 0.25) is 15.9 Å². The Morgan fingerprint density at radius 1 is 1.06 bits per heavy atom. The van der Waals surface area contributed by atoms with Crippen LogP contribution in [0.25, 0.3) is 0 Å². The van der Waals surface area contributed by atoms with Crippen LogP contribution in [0, 0.1) is 0 Å². The van der Waals surface area contributed by atoms with Gasteiger partial charge in [-0.25, -0.2) is 8.42 Å². The summed E-state index contributed by atoms with van der Waals surface area (Å²) < 4.78 is 28.2. The molecule has 0 aliphatic carbocycles. The van der Waals surface area contributed by atoms with Crippen LogP contribution in [0.3, 0.4) is 0 Å². The number of carbonyl (C=O) groups is 1. The minimum Gasteiger partial charge on any atom is -0.332 e. The summed E-state index contributed by atoms with van der Waals surface area (Å²) in [4.78, 5) is 29.6. The smallest absolute Gasteiger partial charge is 0.251 e. The van der Waals surface area contributed by atoms with Gasteiger partial charge in [-0.05, 0) is 18.7 Å². The Hall–Kier alpha value is -2.49. The van der Waals surface area contributed by atoms with Gasteiger partial charge in [0.15, 0.2) is 0 Å². The maximum atomic E-state index is 13.2. The van der Waals surface area contributed by atoms with E-state index in [0.29, 0.717) is 26.2 Å². The molecule has 1 saturated heterocycles. The lowest BCUT2D eigenvalue weighted by atomic mass is 10.0. The van der Waals surface area contributed by atoms with Gasteiger partial charge in [-0.1, -0.05) is 44.2 Å². The summed E-state index contributed by atoms with van der Waals surface area (Å²) in [5.41, 5.74) is 0.629. The summed E-state index contributed by atoms with van der Waals surface area (Å²) >= 11 is 0. The van der Waals surface area contributed by atoms with Crippen molar-refractivity contribution in [2.24, 2.45) is 0 Å². The number of sulfonamides is 1. The molecule has 1 aliphatic heterocycles. The normalized spacial score (nSPS) is 17.8. The highest BCUT2D eigenvalue weighted by molar-refractivity contribution is 7.89. The van der Waals surface area contributed by atoms with Crippen LogP contribution in [0.1, 0.15) is 25.5 Å². The monoisotopic (exact) mass is 446 g/mol. The summed E-state index contributed by atoms with van der Waals surface area (Å²) in [6.45, 7) is 5.96. The number of rotatable bonds is 7. The van der Waals surface area contributed by atoms with E-state index in [1.54, 1.807) is 18.7 Å². The predicted octanol–water partition coefficient (Wildman–Crippen LogP) is 1.39. The average molecular weight is 447 g/mol. The van der Waals surface area contributed by atoms with Crippen molar-refractivity contribution in [1.29, 1.82) is 0 Å². The molecule has 9 heteroatoms. The third-order valence-electron chi connectivity index (χ3n) is 5.69. The van der Waals surface area contributed by atoms with Gasteiger partial charge in [-0.2, -0.15) is 4.31 Å². The molecule has 1 amide bonds. The lowest BCUT2D eigenvalue weighted by Crippen LogP contribution is -2.50. The SMILES string of the molecule is CCN(CC)S(=O)(=O)c1ccc(=O)n(CC(=O)N2CCN(C)C[C@H]2c2ccccc2)c1. The van der Waals surface area contributed by atoms with Crippen molar-refractivity contribution in [3.8, 4) is 0 Å². The Balaban J connectivity index is 1.88. The number of benzene rings is 1. The average Bonchev–Trinajstić information content (AvgIpc) is 2.76. The van der Waals surface area contributed by atoms with E-state index < -0.39 is 15.6 Å². The Morgan fingerprint density at radius 2 is 1.74 bits per heavy atom. The third-order valence-corrected chi connectivity index (χ3v) is 7.73. The van der Waals surface area contributed by atoms with Crippen molar-refractivity contribution in [1.82, 2.24) is 18.7 Å². The number of nitrogens with zero attached hydrogens (tertiary/aromatic N) is 4. The zero-order chi connectivity index (χ0) is 22.6. The second-order valence-electron chi connectivity index (χ2n) is 7.70. The van der Waals surface area contributed by atoms with Gasteiger partial charge in [0.1, 0.15) is 6.54 Å². The molecule has 0 saturated carbocycles. The number of hydrogen-bond donors (Lipinski definition) is 0. The molecule has 168 valence electrons. The first kappa shape index (κ1) is 23.2. The van der Waals surface area contributed by atoms with Crippen molar-refractivity contribution in [2.45, 2.75) is 31.3 Å². The molecule has 0 bridgehead atoms. The first-order valence-corrected chi connectivity index (χ1v) is 12.0. The first-order valence-electron chi connectivity index (χ1n) is 10.5. The Bertz CT molecular complexity index is 1060. The van der Waals surface area contributed by atoms with Crippen LogP contribution in [-0.4, -0.2) is 72.8 Å². The lowest BCUT2D eigenvalue weighted by molar-refractivity contribution is -0.136. The van der Waals surface area contributed by atoms with Gasteiger partial charge in [-0.3, -0.25) is 9.59 Å². The topological polar surface area (TPSA) is 82.9 Å². The van der Waals surface area contributed by atoms with Crippen molar-refractivity contribution < 1.29 is 13.2 Å². The van der Waals surface area contributed by atoms with E-state index in [2.05, 4.69) is 4.90 Å². The summed E-state index contributed by atoms with van der Waals surface area (Å²) in [6, 6.07) is 12.2. The van der Waals surface area contributed by atoms with Gasteiger partial charge in [0.05, 0.1) is 10.9 Å². The Morgan fingerprint density at radius 3 is 2.39 bits per heavy atom. The minimum absolute atomic E-state index is 0.0154. The highest BCUT2D eigenvalue weighted by Crippen LogP contribution is 2.25. The molecule has 2 heterocycles. The number of aromatic nitrogens is 1. The van der Waals surface area contributed by atoms with Crippen LogP contribution in [-0.2, 0) is 21.4 Å². The molecule has 1 aliphatic rings. The maximum absolute atomic E-state index is 13.2. The fourth-order valence-corrected chi connectivity index (χ4v) is 5.39. The van der Waals surface area contributed by atoms with E-state index in [1.807, 2.05) is 37.4 Å². The number of amides is 1. The number of piperazine rings is 1. The predicted molar refractivity (Wildman–Crippen MR) is 119 cm³/mol. The molecule has 2 aromatic rings. The van der Waals surface area contributed by atoms with Gasteiger partial charge in [0.25, 0.3) is 5.56 Å². The van der Waals surface area contributed by atoms with Gasteiger partial charge < -0.3 is 14.4 Å². The summed E-state index contributed by atoms with van der Waals surface area (Å²) in [6.07, 6.45) is 1.28. The molecule has 1 atom stereocenters. The Kier molecular flexibility index (Phi) is 7.30. The van der Waals surface area contributed by atoms with Crippen LogP contribution in [0.15, 0.2) is 58.4 Å². The molecule has 1 fully saturated rings. The fourth-order valence-electron chi connectivity index (χ4n) is 3.91. The van der Waals surface area contributed by atoms with Crippen LogP contribution in [0.5, 0.6) is 0 Å². The molecule has 31 heavy (non-hydrogen) atoms. The second-order valence-corrected chi connectivity index (χ2v) is 9.63. The van der Waals surface area contributed by atoms with E-state index in [1.165, 1.54) is 27.2 Å². The molecular weight excluding hydrogens is 416 g/mol. The summed E-state index contributed by atoms with van der Waals surface area (Å²) in [5, 5.41) is 0. The molecule has 0 spiro atoms. The van der Waals surface area contributed by atoms with E-state index in [0.717, 1.165) is 12.1 Å². The standard InChI is InChI=1S/C22H30N4O4S/c1-4-25(5-2)31(29,30)19-11-12-21(27)24(15-19)17-22(28)26-14-13-23(3)16-20(26)18-9-7-6-8-10-18/h6-12,15,20H,4-5,13-14,16-17H2,1-3H3/t20-/m0/s1.